The second kappa shape index (κ2) is 4.34. The molecule has 2 N–H and O–H groups in total. The van der Waals surface area contributed by atoms with E-state index in [0.717, 1.165) is 0 Å². The number of hydrogen-bond donors (Lipinski definition) is 2. The molecule has 0 aliphatic heterocycles. The van der Waals surface area contributed by atoms with Gasteiger partial charge in [-0.2, -0.15) is 13.5 Å². The van der Waals surface area contributed by atoms with E-state index in [1.807, 2.05) is 0 Å². The molecule has 0 fully saturated rings. The number of nitrogens with zero attached hydrogens (tertiary/aromatic N) is 1. The first kappa shape index (κ1) is 11.9. The summed E-state index contributed by atoms with van der Waals surface area (Å²) in [6, 6.07) is 5.29. The van der Waals surface area contributed by atoms with Crippen LogP contribution < -0.4 is 4.72 Å². The minimum absolute atomic E-state index is 0.156. The molecule has 0 saturated heterocycles. The van der Waals surface area contributed by atoms with E-state index in [1.165, 1.54) is 30.5 Å². The molecule has 1 heterocycles. The molecule has 2 rings (SSSR count). The zero-order valence-corrected chi connectivity index (χ0v) is 9.89. The summed E-state index contributed by atoms with van der Waals surface area (Å²) in [5.74, 6) is -0.822. The highest BCUT2D eigenvalue weighted by Gasteiger charge is 2.18. The van der Waals surface area contributed by atoms with Crippen LogP contribution in [-0.2, 0) is 10.0 Å². The van der Waals surface area contributed by atoms with Gasteiger partial charge in [0.2, 0.25) is 0 Å². The number of sulfonamides is 1. The monoisotopic (exact) mass is 275 g/mol. The Morgan fingerprint density at radius 1 is 1.35 bits per heavy atom. The van der Waals surface area contributed by atoms with Crippen molar-refractivity contribution >= 4 is 27.3 Å². The van der Waals surface area contributed by atoms with Crippen molar-refractivity contribution < 1.29 is 12.8 Å². The van der Waals surface area contributed by atoms with Gasteiger partial charge in [0, 0.05) is 0 Å². The largest absolute Gasteiger partial charge is 0.278 e. The Morgan fingerprint density at radius 2 is 2.12 bits per heavy atom. The number of aromatic amines is 1. The molecule has 0 atom stereocenters. The van der Waals surface area contributed by atoms with Crippen molar-refractivity contribution in [1.29, 1.82) is 0 Å². The number of aromatic nitrogens is 2. The molecule has 5 nitrogen and oxygen atoms in total. The van der Waals surface area contributed by atoms with E-state index in [9.17, 15) is 12.8 Å². The number of rotatable bonds is 3. The summed E-state index contributed by atoms with van der Waals surface area (Å²) >= 11 is 5.54. The van der Waals surface area contributed by atoms with Gasteiger partial charge in [-0.15, -0.1) is 0 Å². The normalized spacial score (nSPS) is 11.4. The molecule has 90 valence electrons. The molecule has 0 amide bonds. The van der Waals surface area contributed by atoms with Crippen LogP contribution in [0.4, 0.5) is 10.1 Å². The van der Waals surface area contributed by atoms with Gasteiger partial charge in [0.15, 0.2) is 10.8 Å². The smallest absolute Gasteiger partial charge is 0.275 e. The van der Waals surface area contributed by atoms with Gasteiger partial charge in [-0.3, -0.25) is 9.82 Å². The summed E-state index contributed by atoms with van der Waals surface area (Å²) in [5.41, 5.74) is -0.216. The van der Waals surface area contributed by atoms with E-state index in [2.05, 4.69) is 14.9 Å². The number of hydrogen-bond acceptors (Lipinski definition) is 3. The highest BCUT2D eigenvalue weighted by molar-refractivity contribution is 7.92. The SMILES string of the molecule is O=S(=O)(Nc1cccc(Cl)c1F)c1ccn[nH]1. The van der Waals surface area contributed by atoms with Crippen LogP contribution in [0.25, 0.3) is 0 Å². The van der Waals surface area contributed by atoms with Gasteiger partial charge < -0.3 is 0 Å². The van der Waals surface area contributed by atoms with Crippen LogP contribution in [0.1, 0.15) is 0 Å². The van der Waals surface area contributed by atoms with Gasteiger partial charge in [-0.1, -0.05) is 17.7 Å². The van der Waals surface area contributed by atoms with E-state index in [-0.39, 0.29) is 15.7 Å². The maximum Gasteiger partial charge on any atom is 0.278 e. The average molecular weight is 276 g/mol. The Labute approximate surface area is 102 Å². The molecule has 17 heavy (non-hydrogen) atoms. The van der Waals surface area contributed by atoms with Crippen molar-refractivity contribution in [2.45, 2.75) is 5.03 Å². The van der Waals surface area contributed by atoms with Crippen molar-refractivity contribution in [3.63, 3.8) is 0 Å². The number of H-pyrrole nitrogens is 1. The molecule has 2 aromatic rings. The number of anilines is 1. The van der Waals surface area contributed by atoms with Crippen LogP contribution in [0.15, 0.2) is 35.5 Å². The van der Waals surface area contributed by atoms with E-state index >= 15 is 0 Å². The summed E-state index contributed by atoms with van der Waals surface area (Å²) in [6.45, 7) is 0. The van der Waals surface area contributed by atoms with Crippen LogP contribution in [0.2, 0.25) is 5.02 Å². The van der Waals surface area contributed by atoms with Gasteiger partial charge in [0.05, 0.1) is 16.9 Å². The zero-order chi connectivity index (χ0) is 12.5. The van der Waals surface area contributed by atoms with E-state index in [1.54, 1.807) is 0 Å². The molecular weight excluding hydrogens is 269 g/mol. The summed E-state index contributed by atoms with van der Waals surface area (Å²) in [4.78, 5) is 0. The first-order valence-electron chi connectivity index (χ1n) is 4.47. The second-order valence-electron chi connectivity index (χ2n) is 3.13. The fourth-order valence-electron chi connectivity index (χ4n) is 1.18. The fourth-order valence-corrected chi connectivity index (χ4v) is 2.32. The third-order valence-electron chi connectivity index (χ3n) is 1.96. The first-order chi connectivity index (χ1) is 8.00. The van der Waals surface area contributed by atoms with Gasteiger partial charge in [0.1, 0.15) is 0 Å². The van der Waals surface area contributed by atoms with Gasteiger partial charge in [-0.25, -0.2) is 4.39 Å². The molecule has 0 unspecified atom stereocenters. The standard InChI is InChI=1S/C9H7ClFN3O2S/c10-6-2-1-3-7(9(6)11)14-17(15,16)8-4-5-12-13-8/h1-5,14H,(H,12,13). The Bertz CT molecular complexity index is 628. The van der Waals surface area contributed by atoms with E-state index < -0.39 is 15.8 Å². The third-order valence-corrected chi connectivity index (χ3v) is 3.55. The summed E-state index contributed by atoms with van der Waals surface area (Å²) in [5, 5.41) is 5.47. The zero-order valence-electron chi connectivity index (χ0n) is 8.31. The van der Waals surface area contributed by atoms with Crippen LogP contribution in [-0.4, -0.2) is 18.6 Å². The molecule has 0 aliphatic carbocycles. The van der Waals surface area contributed by atoms with Crippen molar-refractivity contribution in [3.8, 4) is 0 Å². The molecule has 1 aromatic heterocycles. The van der Waals surface area contributed by atoms with E-state index in [0.29, 0.717) is 0 Å². The van der Waals surface area contributed by atoms with Crippen LogP contribution >= 0.6 is 11.6 Å². The molecule has 0 aliphatic rings. The summed E-state index contributed by atoms with van der Waals surface area (Å²) in [7, 11) is -3.88. The third kappa shape index (κ3) is 2.40. The maximum absolute atomic E-state index is 13.5. The molecular formula is C9H7ClFN3O2S. The Kier molecular flexibility index (Phi) is 3.03. The molecule has 0 radical (unpaired) electrons. The lowest BCUT2D eigenvalue weighted by Crippen LogP contribution is -2.14. The van der Waals surface area contributed by atoms with Gasteiger partial charge in [0.25, 0.3) is 10.0 Å². The molecule has 1 aromatic carbocycles. The quantitative estimate of drug-likeness (QED) is 0.900. The van der Waals surface area contributed by atoms with Crippen LogP contribution in [0.3, 0.4) is 0 Å². The van der Waals surface area contributed by atoms with Crippen LogP contribution in [0.5, 0.6) is 0 Å². The number of nitrogens with one attached hydrogen (secondary N) is 2. The summed E-state index contributed by atoms with van der Waals surface area (Å²) < 4.78 is 39.0. The topological polar surface area (TPSA) is 74.8 Å². The Hall–Kier alpha value is -1.60. The Balaban J connectivity index is 2.37. The van der Waals surface area contributed by atoms with Crippen molar-refractivity contribution in [2.75, 3.05) is 4.72 Å². The van der Waals surface area contributed by atoms with Gasteiger partial charge >= 0.3 is 0 Å². The van der Waals surface area contributed by atoms with Crippen molar-refractivity contribution in [2.24, 2.45) is 0 Å². The predicted molar refractivity (Wildman–Crippen MR) is 60.8 cm³/mol. The van der Waals surface area contributed by atoms with E-state index in [4.69, 9.17) is 11.6 Å². The lowest BCUT2D eigenvalue weighted by atomic mass is 10.3. The minimum atomic E-state index is -3.88. The average Bonchev–Trinajstić information content (AvgIpc) is 2.78. The predicted octanol–water partition coefficient (Wildman–Crippen LogP) is 2.00. The lowest BCUT2D eigenvalue weighted by Gasteiger charge is -2.07. The van der Waals surface area contributed by atoms with Crippen molar-refractivity contribution in [1.82, 2.24) is 10.2 Å². The highest BCUT2D eigenvalue weighted by atomic mass is 35.5. The highest BCUT2D eigenvalue weighted by Crippen LogP contribution is 2.23. The molecule has 0 spiro atoms. The maximum atomic E-state index is 13.5. The number of halogens is 2. The van der Waals surface area contributed by atoms with Crippen LogP contribution in [0, 0.1) is 5.82 Å². The first-order valence-corrected chi connectivity index (χ1v) is 6.33. The summed E-state index contributed by atoms with van der Waals surface area (Å²) in [6.07, 6.45) is 1.28. The number of benzene rings is 1. The Morgan fingerprint density at radius 3 is 2.76 bits per heavy atom. The fraction of sp³-hybridized carbons (Fsp3) is 0. The molecule has 8 heteroatoms. The minimum Gasteiger partial charge on any atom is -0.275 e. The molecule has 0 bridgehead atoms. The molecule has 0 saturated carbocycles. The van der Waals surface area contributed by atoms with Crippen molar-refractivity contribution in [3.05, 3.63) is 41.3 Å². The van der Waals surface area contributed by atoms with Gasteiger partial charge in [-0.05, 0) is 18.2 Å². The lowest BCUT2D eigenvalue weighted by molar-refractivity contribution is 0.595. The second-order valence-corrected chi connectivity index (χ2v) is 5.19.